The van der Waals surface area contributed by atoms with Gasteiger partial charge in [-0.25, -0.2) is 0 Å². The molecular weight excluding hydrogens is 332 g/mol. The first-order valence-corrected chi connectivity index (χ1v) is 8.43. The molecule has 2 aromatic rings. The number of nitrogens with zero attached hydrogens (tertiary/aromatic N) is 2. The Morgan fingerprint density at radius 2 is 2.12 bits per heavy atom. The van der Waals surface area contributed by atoms with E-state index in [4.69, 9.17) is 0 Å². The number of nitro benzene ring substituents is 1. The highest BCUT2D eigenvalue weighted by molar-refractivity contribution is 8.00. The van der Waals surface area contributed by atoms with E-state index in [9.17, 15) is 19.7 Å². The van der Waals surface area contributed by atoms with Gasteiger partial charge in [-0.3, -0.25) is 29.5 Å². The van der Waals surface area contributed by atoms with Crippen LogP contribution in [0.5, 0.6) is 0 Å². The second kappa shape index (κ2) is 6.16. The van der Waals surface area contributed by atoms with Gasteiger partial charge in [-0.2, -0.15) is 0 Å². The van der Waals surface area contributed by atoms with E-state index in [1.165, 1.54) is 23.9 Å². The number of anilines is 1. The molecular formula is C15H16N4O4S. The molecule has 9 heteroatoms. The number of fused-ring (bicyclic) bond motifs is 1. The number of aromatic nitrogens is 2. The lowest BCUT2D eigenvalue weighted by Crippen LogP contribution is -2.17. The average Bonchev–Trinajstić information content (AvgIpc) is 2.75. The van der Waals surface area contributed by atoms with Crippen LogP contribution in [0.15, 0.2) is 29.1 Å². The molecule has 1 unspecified atom stereocenters. The number of hydrogen-bond acceptors (Lipinski definition) is 5. The fourth-order valence-corrected chi connectivity index (χ4v) is 3.81. The molecule has 8 nitrogen and oxygen atoms in total. The molecule has 126 valence electrons. The van der Waals surface area contributed by atoms with E-state index in [-0.39, 0.29) is 28.9 Å². The Morgan fingerprint density at radius 3 is 2.79 bits per heavy atom. The number of carbonyl (C=O) groups is 1. The minimum Gasteiger partial charge on any atom is -0.310 e. The molecule has 1 aliphatic rings. The van der Waals surface area contributed by atoms with Crippen LogP contribution in [0.2, 0.25) is 0 Å². The number of aromatic amines is 1. The summed E-state index contributed by atoms with van der Waals surface area (Å²) < 4.78 is 1.62. The fraction of sp³-hybridized carbons (Fsp3) is 0.333. The number of nitro groups is 1. The van der Waals surface area contributed by atoms with Gasteiger partial charge in [0.2, 0.25) is 5.91 Å². The third-order valence-corrected chi connectivity index (χ3v) is 5.03. The van der Waals surface area contributed by atoms with Crippen molar-refractivity contribution >= 4 is 29.2 Å². The molecule has 24 heavy (non-hydrogen) atoms. The number of amides is 1. The summed E-state index contributed by atoms with van der Waals surface area (Å²) in [5, 5.41) is 16.1. The predicted octanol–water partition coefficient (Wildman–Crippen LogP) is 2.44. The summed E-state index contributed by atoms with van der Waals surface area (Å²) in [6, 6.07) is 6.12. The quantitative estimate of drug-likeness (QED) is 0.654. The van der Waals surface area contributed by atoms with Crippen LogP contribution in [-0.4, -0.2) is 26.4 Å². The minimum absolute atomic E-state index is 0.0436. The lowest BCUT2D eigenvalue weighted by molar-refractivity contribution is -0.384. The minimum atomic E-state index is -0.474. The zero-order valence-electron chi connectivity index (χ0n) is 13.1. The van der Waals surface area contributed by atoms with E-state index in [1.54, 1.807) is 16.8 Å². The molecule has 3 rings (SSSR count). The summed E-state index contributed by atoms with van der Waals surface area (Å²) in [5.41, 5.74) is 0.696. The van der Waals surface area contributed by atoms with Crippen molar-refractivity contribution in [2.24, 2.45) is 0 Å². The summed E-state index contributed by atoms with van der Waals surface area (Å²) in [6.45, 7) is 3.78. The number of hydrogen-bond donors (Lipinski definition) is 2. The Bertz CT molecular complexity index is 871. The van der Waals surface area contributed by atoms with Crippen molar-refractivity contribution in [3.8, 4) is 0 Å². The lowest BCUT2D eigenvalue weighted by atomic mass is 10.1. The van der Waals surface area contributed by atoms with E-state index in [0.29, 0.717) is 16.9 Å². The molecule has 0 radical (unpaired) electrons. The monoisotopic (exact) mass is 348 g/mol. The summed E-state index contributed by atoms with van der Waals surface area (Å²) >= 11 is 1.28. The highest BCUT2D eigenvalue weighted by atomic mass is 32.2. The smallest absolute Gasteiger partial charge is 0.270 e. The lowest BCUT2D eigenvalue weighted by Gasteiger charge is -2.14. The molecule has 1 aromatic heterocycles. The summed E-state index contributed by atoms with van der Waals surface area (Å²) in [4.78, 5) is 35.0. The Labute approximate surface area is 141 Å². The third kappa shape index (κ3) is 2.82. The number of H-pyrrole nitrogens is 1. The molecule has 1 atom stereocenters. The number of carbonyl (C=O) groups excluding carboxylic acids is 1. The van der Waals surface area contributed by atoms with E-state index in [2.05, 4.69) is 10.4 Å². The first kappa shape index (κ1) is 16.3. The van der Waals surface area contributed by atoms with Crippen molar-refractivity contribution < 1.29 is 9.72 Å². The van der Waals surface area contributed by atoms with Crippen molar-refractivity contribution in [1.82, 2.24) is 9.78 Å². The maximum Gasteiger partial charge on any atom is 0.270 e. The van der Waals surface area contributed by atoms with E-state index < -0.39 is 10.2 Å². The molecule has 0 spiro atoms. The highest BCUT2D eigenvalue weighted by Crippen LogP contribution is 2.40. The van der Waals surface area contributed by atoms with Crippen molar-refractivity contribution in [3.63, 3.8) is 0 Å². The molecule has 0 fully saturated rings. The first-order valence-electron chi connectivity index (χ1n) is 7.38. The molecule has 0 aliphatic carbocycles. The maximum absolute atomic E-state index is 12.5. The predicted molar refractivity (Wildman–Crippen MR) is 91.5 cm³/mol. The molecule has 2 heterocycles. The standard InChI is InChI=1S/C15H16N4O4S/c1-8(2)18-14-12(15(21)17-18)13(24-7-11(20)16-14)9-4-3-5-10(6-9)19(22)23/h3-6,8,13H,7H2,1-2H3,(H,16,20)(H,17,21). The number of benzene rings is 1. The molecule has 0 bridgehead atoms. The maximum atomic E-state index is 12.5. The van der Waals surface area contributed by atoms with Crippen LogP contribution in [-0.2, 0) is 4.79 Å². The number of non-ortho nitro benzene ring substituents is 1. The van der Waals surface area contributed by atoms with E-state index in [1.807, 2.05) is 13.8 Å². The molecule has 2 N–H and O–H groups in total. The summed E-state index contributed by atoms with van der Waals surface area (Å²) in [7, 11) is 0. The van der Waals surface area contributed by atoms with Gasteiger partial charge in [0, 0.05) is 18.2 Å². The fourth-order valence-electron chi connectivity index (χ4n) is 2.70. The van der Waals surface area contributed by atoms with Crippen molar-refractivity contribution in [1.29, 1.82) is 0 Å². The van der Waals surface area contributed by atoms with Gasteiger partial charge in [-0.05, 0) is 19.4 Å². The van der Waals surface area contributed by atoms with Gasteiger partial charge in [0.05, 0.1) is 21.5 Å². The van der Waals surface area contributed by atoms with E-state index in [0.717, 1.165) is 0 Å². The number of thioether (sulfide) groups is 1. The average molecular weight is 348 g/mol. The summed E-state index contributed by atoms with van der Waals surface area (Å²) in [6.07, 6.45) is 0. The first-order chi connectivity index (χ1) is 11.4. The van der Waals surface area contributed by atoms with Gasteiger partial charge in [0.15, 0.2) is 0 Å². The highest BCUT2D eigenvalue weighted by Gasteiger charge is 2.31. The van der Waals surface area contributed by atoms with Gasteiger partial charge >= 0.3 is 0 Å². The molecule has 0 saturated carbocycles. The van der Waals surface area contributed by atoms with Crippen LogP contribution in [0.4, 0.5) is 11.5 Å². The Hall–Kier alpha value is -2.55. The van der Waals surface area contributed by atoms with Gasteiger partial charge in [0.1, 0.15) is 5.82 Å². The molecule has 1 aliphatic heterocycles. The van der Waals surface area contributed by atoms with Gasteiger partial charge in [-0.15, -0.1) is 11.8 Å². The second-order valence-electron chi connectivity index (χ2n) is 5.76. The third-order valence-electron chi connectivity index (χ3n) is 3.76. The zero-order valence-corrected chi connectivity index (χ0v) is 13.9. The van der Waals surface area contributed by atoms with Crippen LogP contribution in [0.3, 0.4) is 0 Å². The Balaban J connectivity index is 2.17. The zero-order chi connectivity index (χ0) is 17.4. The van der Waals surface area contributed by atoms with Crippen molar-refractivity contribution in [2.75, 3.05) is 11.1 Å². The Kier molecular flexibility index (Phi) is 4.18. The van der Waals surface area contributed by atoms with Crippen LogP contribution < -0.4 is 10.9 Å². The molecule has 1 aromatic carbocycles. The summed E-state index contributed by atoms with van der Waals surface area (Å²) in [5.74, 6) is 0.392. The Morgan fingerprint density at radius 1 is 1.38 bits per heavy atom. The molecule has 1 amide bonds. The van der Waals surface area contributed by atoms with Crippen LogP contribution in [0.1, 0.15) is 36.3 Å². The number of rotatable bonds is 3. The van der Waals surface area contributed by atoms with Crippen LogP contribution in [0, 0.1) is 10.1 Å². The van der Waals surface area contributed by atoms with Gasteiger partial charge in [-0.1, -0.05) is 12.1 Å². The van der Waals surface area contributed by atoms with Crippen molar-refractivity contribution in [3.05, 3.63) is 55.9 Å². The van der Waals surface area contributed by atoms with Crippen LogP contribution >= 0.6 is 11.8 Å². The van der Waals surface area contributed by atoms with Crippen LogP contribution in [0.25, 0.3) is 0 Å². The second-order valence-corrected chi connectivity index (χ2v) is 6.85. The number of nitrogens with one attached hydrogen (secondary N) is 2. The molecule has 0 saturated heterocycles. The SMILES string of the molecule is CC(C)n1[nH]c(=O)c2c1NC(=O)CSC2c1cccc([N+](=O)[O-])c1. The van der Waals surface area contributed by atoms with E-state index >= 15 is 0 Å². The normalized spacial score (nSPS) is 17.3. The largest absolute Gasteiger partial charge is 0.310 e. The van der Waals surface area contributed by atoms with Gasteiger partial charge in [0.25, 0.3) is 11.2 Å². The van der Waals surface area contributed by atoms with Gasteiger partial charge < -0.3 is 5.32 Å². The topological polar surface area (TPSA) is 110 Å². The van der Waals surface area contributed by atoms with Crippen molar-refractivity contribution in [2.45, 2.75) is 25.1 Å².